The van der Waals surface area contributed by atoms with Gasteiger partial charge in [0.1, 0.15) is 5.82 Å². The minimum absolute atomic E-state index is 0.0340. The molecule has 7 heteroatoms. The van der Waals surface area contributed by atoms with Gasteiger partial charge in [0.15, 0.2) is 0 Å². The molecule has 2 rings (SSSR count). The lowest BCUT2D eigenvalue weighted by Crippen LogP contribution is -2.31. The maximum Gasteiger partial charge on any atom is 0.416 e. The molecule has 1 heterocycles. The summed E-state index contributed by atoms with van der Waals surface area (Å²) < 4.78 is 51.1. The Labute approximate surface area is 107 Å². The van der Waals surface area contributed by atoms with Crippen LogP contribution in [0.15, 0.2) is 18.2 Å². The van der Waals surface area contributed by atoms with Crippen LogP contribution in [0.2, 0.25) is 0 Å². The number of halogens is 4. The first-order chi connectivity index (χ1) is 8.86. The molecule has 1 aromatic rings. The normalized spacial score (nSPS) is 19.6. The molecule has 1 fully saturated rings. The molecule has 3 nitrogen and oxygen atoms in total. The summed E-state index contributed by atoms with van der Waals surface area (Å²) >= 11 is 0. The summed E-state index contributed by atoms with van der Waals surface area (Å²) in [5.74, 6) is -1.05. The van der Waals surface area contributed by atoms with Crippen molar-refractivity contribution in [3.63, 3.8) is 0 Å². The summed E-state index contributed by atoms with van der Waals surface area (Å²) in [7, 11) is 0. The molecule has 0 spiro atoms. The highest BCUT2D eigenvalue weighted by Crippen LogP contribution is 2.32. The predicted molar refractivity (Wildman–Crippen MR) is 59.7 cm³/mol. The molecule has 2 N–H and O–H groups in total. The molecular formula is C12H12F4N2O. The third kappa shape index (κ3) is 3.44. The van der Waals surface area contributed by atoms with Gasteiger partial charge in [0, 0.05) is 25.6 Å². The second kappa shape index (κ2) is 5.16. The molecule has 0 saturated carbocycles. The van der Waals surface area contributed by atoms with Crippen molar-refractivity contribution < 1.29 is 22.4 Å². The van der Waals surface area contributed by atoms with E-state index < -0.39 is 17.6 Å². The van der Waals surface area contributed by atoms with E-state index in [1.165, 1.54) is 0 Å². The largest absolute Gasteiger partial charge is 0.416 e. The highest BCUT2D eigenvalue weighted by atomic mass is 19.4. The quantitative estimate of drug-likeness (QED) is 0.827. The lowest BCUT2D eigenvalue weighted by atomic mass is 10.1. The fourth-order valence-electron chi connectivity index (χ4n) is 1.97. The van der Waals surface area contributed by atoms with Crippen LogP contribution in [0.3, 0.4) is 0 Å². The van der Waals surface area contributed by atoms with Gasteiger partial charge >= 0.3 is 6.18 Å². The summed E-state index contributed by atoms with van der Waals surface area (Å²) in [5, 5.41) is 5.43. The third-order valence-electron chi connectivity index (χ3n) is 2.94. The first-order valence-electron chi connectivity index (χ1n) is 5.72. The summed E-state index contributed by atoms with van der Waals surface area (Å²) in [6.07, 6.45) is -4.36. The van der Waals surface area contributed by atoms with Crippen LogP contribution in [-0.2, 0) is 17.5 Å². The highest BCUT2D eigenvalue weighted by Gasteiger charge is 2.34. The van der Waals surface area contributed by atoms with Crippen LogP contribution in [0.5, 0.6) is 0 Å². The standard InChI is InChI=1S/C12H12F4N2O/c13-8-2-1-7(10(3-8)12(14,15)16)5-17-9-4-11(19)18-6-9/h1-3,9,17H,4-6H2,(H,18,19). The third-order valence-corrected chi connectivity index (χ3v) is 2.94. The Kier molecular flexibility index (Phi) is 3.75. The Morgan fingerprint density at radius 3 is 2.68 bits per heavy atom. The molecule has 0 bridgehead atoms. The minimum Gasteiger partial charge on any atom is -0.354 e. The Morgan fingerprint density at radius 1 is 1.37 bits per heavy atom. The fourth-order valence-corrected chi connectivity index (χ4v) is 1.97. The topological polar surface area (TPSA) is 41.1 Å². The molecule has 1 aromatic carbocycles. The number of carbonyl (C=O) groups excluding carboxylic acids is 1. The van der Waals surface area contributed by atoms with E-state index in [0.717, 1.165) is 12.1 Å². The number of alkyl halides is 3. The number of carbonyl (C=O) groups is 1. The van der Waals surface area contributed by atoms with Gasteiger partial charge in [0.05, 0.1) is 5.56 Å². The fraction of sp³-hybridized carbons (Fsp3) is 0.417. The van der Waals surface area contributed by atoms with E-state index >= 15 is 0 Å². The number of amides is 1. The Balaban J connectivity index is 2.09. The minimum atomic E-state index is -4.59. The van der Waals surface area contributed by atoms with Crippen LogP contribution >= 0.6 is 0 Å². The summed E-state index contributed by atoms with van der Waals surface area (Å²) in [5.41, 5.74) is -1.02. The number of hydrogen-bond donors (Lipinski definition) is 2. The number of benzene rings is 1. The molecule has 1 amide bonds. The zero-order valence-electron chi connectivity index (χ0n) is 9.85. The average molecular weight is 276 g/mol. The molecule has 1 unspecified atom stereocenters. The second-order valence-corrected chi connectivity index (χ2v) is 4.39. The van der Waals surface area contributed by atoms with E-state index in [9.17, 15) is 22.4 Å². The van der Waals surface area contributed by atoms with Gasteiger partial charge in [0.25, 0.3) is 0 Å². The zero-order chi connectivity index (χ0) is 14.0. The molecule has 0 aromatic heterocycles. The Hall–Kier alpha value is -1.63. The van der Waals surface area contributed by atoms with Crippen LogP contribution in [-0.4, -0.2) is 18.5 Å². The summed E-state index contributed by atoms with van der Waals surface area (Å²) in [4.78, 5) is 11.0. The molecule has 1 aliphatic rings. The second-order valence-electron chi connectivity index (χ2n) is 4.39. The Morgan fingerprint density at radius 2 is 2.11 bits per heavy atom. The van der Waals surface area contributed by atoms with E-state index in [2.05, 4.69) is 10.6 Å². The first-order valence-corrected chi connectivity index (χ1v) is 5.72. The van der Waals surface area contributed by atoms with E-state index in [0.29, 0.717) is 12.6 Å². The van der Waals surface area contributed by atoms with Crippen molar-refractivity contribution in [1.82, 2.24) is 10.6 Å². The first kappa shape index (κ1) is 13.8. The lowest BCUT2D eigenvalue weighted by Gasteiger charge is -2.15. The molecule has 1 atom stereocenters. The van der Waals surface area contributed by atoms with Crippen molar-refractivity contribution in [2.45, 2.75) is 25.2 Å². The predicted octanol–water partition coefficient (Wildman–Crippen LogP) is 1.82. The molecule has 104 valence electrons. The number of nitrogens with one attached hydrogen (secondary N) is 2. The zero-order valence-corrected chi connectivity index (χ0v) is 9.85. The lowest BCUT2D eigenvalue weighted by molar-refractivity contribution is -0.138. The van der Waals surface area contributed by atoms with Crippen LogP contribution in [0.4, 0.5) is 17.6 Å². The van der Waals surface area contributed by atoms with Crippen molar-refractivity contribution in [2.75, 3.05) is 6.54 Å². The molecular weight excluding hydrogens is 264 g/mol. The van der Waals surface area contributed by atoms with E-state index in [-0.39, 0.29) is 30.5 Å². The number of hydrogen-bond acceptors (Lipinski definition) is 2. The smallest absolute Gasteiger partial charge is 0.354 e. The van der Waals surface area contributed by atoms with Crippen molar-refractivity contribution >= 4 is 5.91 Å². The van der Waals surface area contributed by atoms with E-state index in [1.54, 1.807) is 0 Å². The SMILES string of the molecule is O=C1CC(NCc2ccc(F)cc2C(F)(F)F)CN1. The van der Waals surface area contributed by atoms with Gasteiger partial charge in [-0.25, -0.2) is 4.39 Å². The van der Waals surface area contributed by atoms with Crippen LogP contribution < -0.4 is 10.6 Å². The average Bonchev–Trinajstić information content (AvgIpc) is 2.72. The van der Waals surface area contributed by atoms with Crippen molar-refractivity contribution in [1.29, 1.82) is 0 Å². The Bertz CT molecular complexity index is 487. The summed E-state index contributed by atoms with van der Waals surface area (Å²) in [6.45, 7) is 0.329. The van der Waals surface area contributed by atoms with Crippen molar-refractivity contribution in [3.8, 4) is 0 Å². The van der Waals surface area contributed by atoms with Gasteiger partial charge in [-0.15, -0.1) is 0 Å². The van der Waals surface area contributed by atoms with Gasteiger partial charge in [-0.3, -0.25) is 4.79 Å². The maximum atomic E-state index is 12.9. The highest BCUT2D eigenvalue weighted by molar-refractivity contribution is 5.78. The van der Waals surface area contributed by atoms with Crippen LogP contribution in [0, 0.1) is 5.82 Å². The van der Waals surface area contributed by atoms with Gasteiger partial charge in [-0.05, 0) is 17.7 Å². The van der Waals surface area contributed by atoms with Gasteiger partial charge in [-0.1, -0.05) is 6.07 Å². The van der Waals surface area contributed by atoms with Crippen molar-refractivity contribution in [3.05, 3.63) is 35.1 Å². The van der Waals surface area contributed by atoms with Crippen LogP contribution in [0.1, 0.15) is 17.5 Å². The van der Waals surface area contributed by atoms with Crippen molar-refractivity contribution in [2.24, 2.45) is 0 Å². The monoisotopic (exact) mass is 276 g/mol. The molecule has 0 radical (unpaired) electrons. The van der Waals surface area contributed by atoms with Crippen LogP contribution in [0.25, 0.3) is 0 Å². The maximum absolute atomic E-state index is 12.9. The van der Waals surface area contributed by atoms with E-state index in [4.69, 9.17) is 0 Å². The van der Waals surface area contributed by atoms with Gasteiger partial charge < -0.3 is 10.6 Å². The number of rotatable bonds is 3. The van der Waals surface area contributed by atoms with Gasteiger partial charge in [-0.2, -0.15) is 13.2 Å². The van der Waals surface area contributed by atoms with E-state index in [1.807, 2.05) is 0 Å². The molecule has 1 aliphatic heterocycles. The molecule has 0 aliphatic carbocycles. The molecule has 1 saturated heterocycles. The summed E-state index contributed by atoms with van der Waals surface area (Å²) in [6, 6.07) is 2.38. The molecule has 19 heavy (non-hydrogen) atoms. The van der Waals surface area contributed by atoms with Gasteiger partial charge in [0.2, 0.25) is 5.91 Å².